The SMILES string of the molecule is O=C(O)[C@@H]1CCCN1C(=O)CCn1cccn1. The zero-order valence-electron chi connectivity index (χ0n) is 9.45. The van der Waals surface area contributed by atoms with Gasteiger partial charge in [0.05, 0.1) is 0 Å². The molecule has 0 spiro atoms. The quantitative estimate of drug-likeness (QED) is 0.819. The topological polar surface area (TPSA) is 75.4 Å². The molecule has 0 bridgehead atoms. The van der Waals surface area contributed by atoms with Crippen molar-refractivity contribution >= 4 is 11.9 Å². The lowest BCUT2D eigenvalue weighted by molar-refractivity contribution is -0.148. The Labute approximate surface area is 98.8 Å². The number of nitrogens with zero attached hydrogens (tertiary/aromatic N) is 3. The molecule has 1 amide bonds. The molecular weight excluding hydrogens is 222 g/mol. The van der Waals surface area contributed by atoms with Crippen LogP contribution in [0, 0.1) is 0 Å². The number of carbonyl (C=O) groups excluding carboxylic acids is 1. The lowest BCUT2D eigenvalue weighted by Crippen LogP contribution is -2.40. The first kappa shape index (κ1) is 11.6. The summed E-state index contributed by atoms with van der Waals surface area (Å²) in [4.78, 5) is 24.3. The van der Waals surface area contributed by atoms with E-state index in [0.717, 1.165) is 6.42 Å². The molecule has 1 fully saturated rings. The number of hydrogen-bond acceptors (Lipinski definition) is 3. The highest BCUT2D eigenvalue weighted by Gasteiger charge is 2.33. The van der Waals surface area contributed by atoms with Crippen LogP contribution in [0.2, 0.25) is 0 Å². The maximum Gasteiger partial charge on any atom is 0.326 e. The molecule has 1 saturated heterocycles. The van der Waals surface area contributed by atoms with E-state index in [2.05, 4.69) is 5.10 Å². The van der Waals surface area contributed by atoms with Crippen molar-refractivity contribution in [3.8, 4) is 0 Å². The molecule has 0 radical (unpaired) electrons. The minimum absolute atomic E-state index is 0.106. The van der Waals surface area contributed by atoms with Crippen molar-refractivity contribution in [3.63, 3.8) is 0 Å². The molecule has 1 aliphatic heterocycles. The summed E-state index contributed by atoms with van der Waals surface area (Å²) >= 11 is 0. The highest BCUT2D eigenvalue weighted by atomic mass is 16.4. The third-order valence-electron chi connectivity index (χ3n) is 2.97. The van der Waals surface area contributed by atoms with Gasteiger partial charge in [0.1, 0.15) is 6.04 Å². The van der Waals surface area contributed by atoms with Crippen LogP contribution in [0.15, 0.2) is 18.5 Å². The number of carboxylic acids is 1. The van der Waals surface area contributed by atoms with E-state index < -0.39 is 12.0 Å². The Morgan fingerprint density at radius 2 is 2.29 bits per heavy atom. The molecule has 1 aromatic rings. The predicted octanol–water partition coefficient (Wildman–Crippen LogP) is 0.349. The highest BCUT2D eigenvalue weighted by molar-refractivity contribution is 5.84. The van der Waals surface area contributed by atoms with Crippen molar-refractivity contribution in [2.45, 2.75) is 31.8 Å². The standard InChI is InChI=1S/C11H15N3O3/c15-10(4-8-13-6-2-5-12-13)14-7-1-3-9(14)11(16)17/h2,5-6,9H,1,3-4,7-8H2,(H,16,17)/t9-/m0/s1. The number of aromatic nitrogens is 2. The molecule has 6 heteroatoms. The number of likely N-dealkylation sites (tertiary alicyclic amines) is 1. The fourth-order valence-electron chi connectivity index (χ4n) is 2.11. The molecule has 2 heterocycles. The van der Waals surface area contributed by atoms with Crippen LogP contribution in [0.25, 0.3) is 0 Å². The summed E-state index contributed by atoms with van der Waals surface area (Å²) in [6, 6.07) is 1.15. The van der Waals surface area contributed by atoms with Gasteiger partial charge in [-0.1, -0.05) is 0 Å². The third kappa shape index (κ3) is 2.64. The van der Waals surface area contributed by atoms with Crippen molar-refractivity contribution in [1.82, 2.24) is 14.7 Å². The molecule has 0 aromatic carbocycles. The normalized spacial score (nSPS) is 19.5. The van der Waals surface area contributed by atoms with Crippen LogP contribution in [-0.4, -0.2) is 44.3 Å². The Kier molecular flexibility index (Phi) is 3.41. The third-order valence-corrected chi connectivity index (χ3v) is 2.97. The van der Waals surface area contributed by atoms with Gasteiger partial charge in [0.15, 0.2) is 0 Å². The van der Waals surface area contributed by atoms with Gasteiger partial charge in [-0.2, -0.15) is 5.10 Å². The smallest absolute Gasteiger partial charge is 0.326 e. The Hall–Kier alpha value is -1.85. The monoisotopic (exact) mass is 237 g/mol. The summed E-state index contributed by atoms with van der Waals surface area (Å²) in [6.07, 6.45) is 5.06. The van der Waals surface area contributed by atoms with Gasteiger partial charge < -0.3 is 10.0 Å². The number of carbonyl (C=O) groups is 2. The largest absolute Gasteiger partial charge is 0.480 e. The Bertz CT molecular complexity index is 402. The van der Waals surface area contributed by atoms with Gasteiger partial charge in [0.25, 0.3) is 0 Å². The Morgan fingerprint density at radius 1 is 1.47 bits per heavy atom. The number of amides is 1. The first-order chi connectivity index (χ1) is 8.18. The van der Waals surface area contributed by atoms with Gasteiger partial charge in [0.2, 0.25) is 5.91 Å². The fourth-order valence-corrected chi connectivity index (χ4v) is 2.11. The Balaban J connectivity index is 1.89. The molecule has 2 rings (SSSR count). The molecule has 92 valence electrons. The second-order valence-electron chi connectivity index (χ2n) is 4.10. The number of aryl methyl sites for hydroxylation is 1. The van der Waals surface area contributed by atoms with Crippen molar-refractivity contribution in [3.05, 3.63) is 18.5 Å². The molecule has 1 N–H and O–H groups in total. The van der Waals surface area contributed by atoms with E-state index in [9.17, 15) is 9.59 Å². The van der Waals surface area contributed by atoms with Gasteiger partial charge in [-0.3, -0.25) is 9.48 Å². The summed E-state index contributed by atoms with van der Waals surface area (Å²) in [5.41, 5.74) is 0. The molecule has 6 nitrogen and oxygen atoms in total. The number of aliphatic carboxylic acids is 1. The van der Waals surface area contributed by atoms with E-state index in [1.165, 1.54) is 4.90 Å². The van der Waals surface area contributed by atoms with E-state index in [1.54, 1.807) is 23.1 Å². The summed E-state index contributed by atoms with van der Waals surface area (Å²) < 4.78 is 1.67. The zero-order chi connectivity index (χ0) is 12.3. The zero-order valence-corrected chi connectivity index (χ0v) is 9.45. The number of rotatable bonds is 4. The highest BCUT2D eigenvalue weighted by Crippen LogP contribution is 2.18. The minimum atomic E-state index is -0.907. The molecule has 1 aliphatic rings. The number of carboxylic acid groups (broad SMARTS) is 1. The molecule has 17 heavy (non-hydrogen) atoms. The van der Waals surface area contributed by atoms with Crippen LogP contribution >= 0.6 is 0 Å². The van der Waals surface area contributed by atoms with Crippen LogP contribution in [0.3, 0.4) is 0 Å². The molecule has 0 unspecified atom stereocenters. The van der Waals surface area contributed by atoms with E-state index in [0.29, 0.717) is 25.9 Å². The van der Waals surface area contributed by atoms with Crippen molar-refractivity contribution in [2.24, 2.45) is 0 Å². The van der Waals surface area contributed by atoms with Gasteiger partial charge in [0, 0.05) is 31.9 Å². The van der Waals surface area contributed by atoms with Crippen LogP contribution in [0.5, 0.6) is 0 Å². The average Bonchev–Trinajstić information content (AvgIpc) is 2.96. The first-order valence-corrected chi connectivity index (χ1v) is 5.68. The van der Waals surface area contributed by atoms with E-state index >= 15 is 0 Å². The molecule has 0 saturated carbocycles. The van der Waals surface area contributed by atoms with E-state index in [1.807, 2.05) is 0 Å². The van der Waals surface area contributed by atoms with Crippen molar-refractivity contribution in [1.29, 1.82) is 0 Å². The fraction of sp³-hybridized carbons (Fsp3) is 0.545. The molecule has 0 aliphatic carbocycles. The van der Waals surface area contributed by atoms with Gasteiger partial charge in [-0.05, 0) is 18.9 Å². The van der Waals surface area contributed by atoms with Gasteiger partial charge >= 0.3 is 5.97 Å². The summed E-state index contributed by atoms with van der Waals surface area (Å²) in [7, 11) is 0. The minimum Gasteiger partial charge on any atom is -0.480 e. The van der Waals surface area contributed by atoms with Crippen molar-refractivity contribution in [2.75, 3.05) is 6.54 Å². The van der Waals surface area contributed by atoms with Crippen molar-refractivity contribution < 1.29 is 14.7 Å². The Morgan fingerprint density at radius 3 is 2.94 bits per heavy atom. The van der Waals surface area contributed by atoms with E-state index in [-0.39, 0.29) is 5.91 Å². The number of hydrogen-bond donors (Lipinski definition) is 1. The second-order valence-corrected chi connectivity index (χ2v) is 4.10. The summed E-state index contributed by atoms with van der Waals surface area (Å²) in [6.45, 7) is 1.05. The second kappa shape index (κ2) is 4.99. The first-order valence-electron chi connectivity index (χ1n) is 5.68. The van der Waals surface area contributed by atoms with Crippen LogP contribution < -0.4 is 0 Å². The lowest BCUT2D eigenvalue weighted by atomic mass is 10.2. The average molecular weight is 237 g/mol. The van der Waals surface area contributed by atoms with E-state index in [4.69, 9.17) is 5.11 Å². The summed E-state index contributed by atoms with van der Waals surface area (Å²) in [5, 5.41) is 13.0. The van der Waals surface area contributed by atoms with Crippen LogP contribution in [0.4, 0.5) is 0 Å². The maximum absolute atomic E-state index is 11.9. The maximum atomic E-state index is 11.9. The molecular formula is C11H15N3O3. The lowest BCUT2D eigenvalue weighted by Gasteiger charge is -2.21. The summed E-state index contributed by atoms with van der Waals surface area (Å²) in [5.74, 6) is -1.01. The van der Waals surface area contributed by atoms with Crippen LogP contribution in [0.1, 0.15) is 19.3 Å². The van der Waals surface area contributed by atoms with Crippen LogP contribution in [-0.2, 0) is 16.1 Å². The predicted molar refractivity (Wildman–Crippen MR) is 59.2 cm³/mol. The molecule has 1 atom stereocenters. The van der Waals surface area contributed by atoms with Gasteiger partial charge in [-0.25, -0.2) is 4.79 Å². The molecule has 1 aromatic heterocycles. The van der Waals surface area contributed by atoms with Gasteiger partial charge in [-0.15, -0.1) is 0 Å².